The Labute approximate surface area is 230 Å². The summed E-state index contributed by atoms with van der Waals surface area (Å²) in [5, 5.41) is 3.53. The van der Waals surface area contributed by atoms with Crippen molar-refractivity contribution in [3.63, 3.8) is 0 Å². The molecule has 7 nitrogen and oxygen atoms in total. The summed E-state index contributed by atoms with van der Waals surface area (Å²) in [4.78, 5) is 24.7. The van der Waals surface area contributed by atoms with Gasteiger partial charge in [0.15, 0.2) is 8.32 Å². The van der Waals surface area contributed by atoms with E-state index in [9.17, 15) is 4.79 Å². The SMILES string of the molecule is CONC1=C2C=C(NO[C@H]3CCNC3)CCC2(CO[Si](C)(C)C(C)(C)C)C2CCC3(C)C(=O)CCC3C2C1. The summed E-state index contributed by atoms with van der Waals surface area (Å²) < 4.78 is 7.08. The highest BCUT2D eigenvalue weighted by atomic mass is 28.4. The Balaban J connectivity index is 1.52. The number of hydroxylamine groups is 2. The minimum atomic E-state index is -1.97. The smallest absolute Gasteiger partial charge is 0.192 e. The van der Waals surface area contributed by atoms with E-state index in [1.165, 1.54) is 5.57 Å². The first kappa shape index (κ1) is 28.3. The maximum Gasteiger partial charge on any atom is 0.192 e. The lowest BCUT2D eigenvalue weighted by Crippen LogP contribution is -2.55. The highest BCUT2D eigenvalue weighted by Gasteiger charge is 2.61. The average Bonchev–Trinajstić information content (AvgIpc) is 3.49. The van der Waals surface area contributed by atoms with Crippen LogP contribution in [0.1, 0.15) is 79.1 Å². The topological polar surface area (TPSA) is 80.8 Å². The van der Waals surface area contributed by atoms with Crippen molar-refractivity contribution in [3.8, 4) is 0 Å². The fraction of sp³-hybridized carbons (Fsp3) is 0.833. The lowest BCUT2D eigenvalue weighted by molar-refractivity contribution is -0.132. The molecule has 1 heterocycles. The van der Waals surface area contributed by atoms with Crippen LogP contribution in [0.2, 0.25) is 18.1 Å². The zero-order valence-corrected chi connectivity index (χ0v) is 25.8. The van der Waals surface area contributed by atoms with Gasteiger partial charge in [-0.2, -0.15) is 0 Å². The van der Waals surface area contributed by atoms with E-state index in [2.05, 4.69) is 63.1 Å². The lowest BCUT2D eigenvalue weighted by Gasteiger charge is -2.58. The number of hydrogen-bond acceptors (Lipinski definition) is 7. The van der Waals surface area contributed by atoms with Gasteiger partial charge >= 0.3 is 0 Å². The van der Waals surface area contributed by atoms with Crippen LogP contribution in [0.4, 0.5) is 0 Å². The summed E-state index contributed by atoms with van der Waals surface area (Å²) in [6, 6.07) is 0. The Kier molecular flexibility index (Phi) is 7.70. The number of ketones is 1. The second-order valence-corrected chi connectivity index (χ2v) is 19.2. The maximum absolute atomic E-state index is 13.1. The van der Waals surface area contributed by atoms with Crippen molar-refractivity contribution in [3.05, 3.63) is 23.0 Å². The highest BCUT2D eigenvalue weighted by molar-refractivity contribution is 6.74. The molecule has 0 aromatic carbocycles. The second-order valence-electron chi connectivity index (χ2n) is 14.4. The van der Waals surface area contributed by atoms with Crippen LogP contribution in [0.25, 0.3) is 0 Å². The molecule has 2 saturated carbocycles. The molecule has 0 amide bonds. The van der Waals surface area contributed by atoms with Gasteiger partial charge in [-0.05, 0) is 99.0 Å². The molecule has 0 spiro atoms. The molecule has 1 aliphatic heterocycles. The Morgan fingerprint density at radius 1 is 1.11 bits per heavy atom. The second kappa shape index (κ2) is 10.3. The van der Waals surface area contributed by atoms with Gasteiger partial charge in [-0.25, -0.2) is 0 Å². The van der Waals surface area contributed by atoms with Crippen LogP contribution in [-0.2, 0) is 18.9 Å². The number of carbonyl (C=O) groups is 1. The average molecular weight is 546 g/mol. The summed E-state index contributed by atoms with van der Waals surface area (Å²) in [5.74, 6) is 1.90. The number of hydrogen-bond donors (Lipinski definition) is 3. The first-order chi connectivity index (χ1) is 17.9. The van der Waals surface area contributed by atoms with Crippen molar-refractivity contribution in [2.75, 3.05) is 26.8 Å². The standard InChI is InChI=1S/C30H51N3O4Si/c1-28(2,3)38(6,7)36-19-30-14-10-20(32-37-21-12-15-31-18-21)16-25(30)26(33-35-5)17-22-23-8-9-27(34)29(23,4)13-11-24(22)30/h16,21-24,31-33H,8-15,17-19H2,1-7H3/t21-,22?,23?,24?,29?,30?/m0/s1. The number of Topliss-reactive ketones (excluding diaryl/α,β-unsaturated/α-hetero) is 1. The predicted octanol–water partition coefficient (Wildman–Crippen LogP) is 5.38. The third-order valence-corrected chi connectivity index (χ3v) is 15.9. The molecule has 214 valence electrons. The maximum atomic E-state index is 13.1. The van der Waals surface area contributed by atoms with E-state index in [0.717, 1.165) is 82.5 Å². The molecule has 0 bridgehead atoms. The molecule has 3 fully saturated rings. The minimum Gasteiger partial charge on any atom is -0.416 e. The van der Waals surface area contributed by atoms with Crippen molar-refractivity contribution >= 4 is 14.1 Å². The van der Waals surface area contributed by atoms with Crippen LogP contribution in [0, 0.1) is 28.6 Å². The van der Waals surface area contributed by atoms with Crippen molar-refractivity contribution in [1.82, 2.24) is 16.3 Å². The summed E-state index contributed by atoms with van der Waals surface area (Å²) in [7, 11) is -0.258. The molecule has 8 heteroatoms. The van der Waals surface area contributed by atoms with E-state index in [4.69, 9.17) is 14.1 Å². The Morgan fingerprint density at radius 2 is 1.89 bits per heavy atom. The van der Waals surface area contributed by atoms with Crippen LogP contribution in [0.15, 0.2) is 23.0 Å². The normalized spacial score (nSPS) is 37.4. The van der Waals surface area contributed by atoms with Gasteiger partial charge in [0.1, 0.15) is 5.78 Å². The van der Waals surface area contributed by atoms with Gasteiger partial charge in [-0.3, -0.25) is 25.4 Å². The molecule has 4 aliphatic carbocycles. The van der Waals surface area contributed by atoms with E-state index in [1.54, 1.807) is 7.11 Å². The summed E-state index contributed by atoms with van der Waals surface area (Å²) >= 11 is 0. The molecule has 3 N–H and O–H groups in total. The number of fused-ring (bicyclic) bond motifs is 5. The summed E-state index contributed by atoms with van der Waals surface area (Å²) in [5.41, 5.74) is 10.0. The van der Waals surface area contributed by atoms with E-state index < -0.39 is 8.32 Å². The molecule has 6 atom stereocenters. The molecule has 0 aromatic heterocycles. The first-order valence-corrected chi connectivity index (χ1v) is 17.8. The van der Waals surface area contributed by atoms with Crippen LogP contribution >= 0.6 is 0 Å². The number of rotatable bonds is 8. The molecule has 38 heavy (non-hydrogen) atoms. The van der Waals surface area contributed by atoms with Crippen LogP contribution < -0.4 is 16.3 Å². The van der Waals surface area contributed by atoms with Crippen molar-refractivity contribution < 1.29 is 18.9 Å². The van der Waals surface area contributed by atoms with E-state index in [0.29, 0.717) is 23.5 Å². The van der Waals surface area contributed by atoms with Crippen LogP contribution in [0.5, 0.6) is 0 Å². The lowest BCUT2D eigenvalue weighted by atomic mass is 9.48. The van der Waals surface area contributed by atoms with Crippen LogP contribution in [-0.4, -0.2) is 47.0 Å². The van der Waals surface area contributed by atoms with Gasteiger partial charge in [0.2, 0.25) is 0 Å². The Morgan fingerprint density at radius 3 is 2.58 bits per heavy atom. The number of nitrogens with one attached hydrogen (secondary N) is 3. The molecular weight excluding hydrogens is 494 g/mol. The highest BCUT2D eigenvalue weighted by Crippen LogP contribution is 2.65. The molecule has 5 rings (SSSR count). The van der Waals surface area contributed by atoms with Crippen molar-refractivity contribution in [1.29, 1.82) is 0 Å². The fourth-order valence-corrected chi connectivity index (χ4v) is 9.05. The fourth-order valence-electron chi connectivity index (χ4n) is 8.00. The van der Waals surface area contributed by atoms with E-state index in [-0.39, 0.29) is 22.0 Å². The summed E-state index contributed by atoms with van der Waals surface area (Å²) in [6.07, 6.45) is 10.3. The largest absolute Gasteiger partial charge is 0.416 e. The van der Waals surface area contributed by atoms with Crippen molar-refractivity contribution in [2.45, 2.75) is 103 Å². The van der Waals surface area contributed by atoms with E-state index >= 15 is 0 Å². The monoisotopic (exact) mass is 545 g/mol. The van der Waals surface area contributed by atoms with Crippen molar-refractivity contribution in [2.24, 2.45) is 28.6 Å². The van der Waals surface area contributed by atoms with Gasteiger partial charge in [0.05, 0.1) is 13.2 Å². The molecule has 0 aromatic rings. The third kappa shape index (κ3) is 4.82. The van der Waals surface area contributed by atoms with Gasteiger partial charge in [0, 0.05) is 41.8 Å². The molecule has 5 unspecified atom stereocenters. The van der Waals surface area contributed by atoms with Gasteiger partial charge in [-0.15, -0.1) is 0 Å². The predicted molar refractivity (Wildman–Crippen MR) is 152 cm³/mol. The summed E-state index contributed by atoms with van der Waals surface area (Å²) in [6.45, 7) is 16.6. The Hall–Kier alpha value is -1.19. The number of carbonyl (C=O) groups excluding carboxylic acids is 1. The van der Waals surface area contributed by atoms with Gasteiger partial charge in [0.25, 0.3) is 0 Å². The molecule has 5 aliphatic rings. The zero-order chi connectivity index (χ0) is 27.3. The minimum absolute atomic E-state index is 0.0909. The number of allylic oxidation sites excluding steroid dienone is 3. The third-order valence-electron chi connectivity index (χ3n) is 11.4. The first-order valence-electron chi connectivity index (χ1n) is 14.9. The molecule has 0 radical (unpaired) electrons. The van der Waals surface area contributed by atoms with Crippen LogP contribution in [0.3, 0.4) is 0 Å². The van der Waals surface area contributed by atoms with Gasteiger partial charge < -0.3 is 9.74 Å². The van der Waals surface area contributed by atoms with E-state index in [1.807, 2.05) is 0 Å². The molecular formula is C30H51N3O4Si. The quantitative estimate of drug-likeness (QED) is 0.279. The van der Waals surface area contributed by atoms with Gasteiger partial charge in [-0.1, -0.05) is 27.7 Å². The molecule has 1 saturated heterocycles. The Bertz CT molecular complexity index is 982. The zero-order valence-electron chi connectivity index (χ0n) is 24.8.